The van der Waals surface area contributed by atoms with Crippen LogP contribution in [0, 0.1) is 0 Å². The highest BCUT2D eigenvalue weighted by molar-refractivity contribution is 14.0. The first kappa shape index (κ1) is 27.4. The van der Waals surface area contributed by atoms with Gasteiger partial charge < -0.3 is 15.4 Å². The van der Waals surface area contributed by atoms with Gasteiger partial charge in [-0.25, -0.2) is 4.99 Å². The molecule has 1 atom stereocenters. The molecule has 184 valence electrons. The number of methoxy groups -OCH3 is 1. The minimum absolute atomic E-state index is 0. The maximum atomic E-state index is 5.48. The molecule has 1 saturated heterocycles. The third kappa shape index (κ3) is 7.09. The summed E-state index contributed by atoms with van der Waals surface area (Å²) in [5.74, 6) is 1.76. The van der Waals surface area contributed by atoms with Gasteiger partial charge >= 0.3 is 0 Å². The molecule has 0 amide bonds. The largest absolute Gasteiger partial charge is 0.497 e. The summed E-state index contributed by atoms with van der Waals surface area (Å²) in [5.41, 5.74) is 4.96. The molecular formula is C25H41IN6O. The highest BCUT2D eigenvalue weighted by Gasteiger charge is 2.24. The number of nitrogens with one attached hydrogen (secondary N) is 2. The van der Waals surface area contributed by atoms with Crippen molar-refractivity contribution in [2.45, 2.75) is 59.0 Å². The predicted octanol–water partition coefficient (Wildman–Crippen LogP) is 4.06. The number of guanidine groups is 1. The number of rotatable bonds is 10. The van der Waals surface area contributed by atoms with Crippen LogP contribution in [0.25, 0.3) is 0 Å². The Kier molecular flexibility index (Phi) is 11.5. The van der Waals surface area contributed by atoms with Crippen molar-refractivity contribution in [3.05, 3.63) is 46.8 Å². The van der Waals surface area contributed by atoms with Gasteiger partial charge in [-0.05, 0) is 63.4 Å². The van der Waals surface area contributed by atoms with Gasteiger partial charge in [0.2, 0.25) is 0 Å². The summed E-state index contributed by atoms with van der Waals surface area (Å²) >= 11 is 0. The van der Waals surface area contributed by atoms with Crippen LogP contribution in [0.1, 0.15) is 62.2 Å². The molecule has 3 rings (SSSR count). The number of aromatic nitrogens is 2. The zero-order valence-corrected chi connectivity index (χ0v) is 23.2. The molecule has 1 unspecified atom stereocenters. The molecule has 8 heteroatoms. The quantitative estimate of drug-likeness (QED) is 0.257. The van der Waals surface area contributed by atoms with Crippen LogP contribution < -0.4 is 15.4 Å². The number of aryl methyl sites for hydroxylation is 2. The molecule has 0 aliphatic carbocycles. The highest BCUT2D eigenvalue weighted by Crippen LogP contribution is 2.27. The van der Waals surface area contributed by atoms with Gasteiger partial charge in [0.05, 0.1) is 25.4 Å². The fourth-order valence-electron chi connectivity index (χ4n) is 4.63. The predicted molar refractivity (Wildman–Crippen MR) is 147 cm³/mol. The van der Waals surface area contributed by atoms with E-state index in [0.29, 0.717) is 6.54 Å². The zero-order valence-electron chi connectivity index (χ0n) is 20.9. The van der Waals surface area contributed by atoms with E-state index in [9.17, 15) is 0 Å². The van der Waals surface area contributed by atoms with E-state index in [-0.39, 0.29) is 30.0 Å². The minimum Gasteiger partial charge on any atom is -0.497 e. The Morgan fingerprint density at radius 2 is 1.91 bits per heavy atom. The van der Waals surface area contributed by atoms with Crippen molar-refractivity contribution in [2.24, 2.45) is 12.0 Å². The number of halogens is 1. The van der Waals surface area contributed by atoms with Crippen molar-refractivity contribution in [1.29, 1.82) is 0 Å². The maximum absolute atomic E-state index is 5.48. The van der Waals surface area contributed by atoms with Gasteiger partial charge in [-0.1, -0.05) is 26.0 Å². The number of hydrogen-bond acceptors (Lipinski definition) is 4. The van der Waals surface area contributed by atoms with Crippen LogP contribution in [-0.4, -0.2) is 53.9 Å². The number of ether oxygens (including phenoxy) is 1. The fraction of sp³-hybridized carbons (Fsp3) is 0.600. The van der Waals surface area contributed by atoms with Crippen molar-refractivity contribution in [1.82, 2.24) is 25.3 Å². The Morgan fingerprint density at radius 1 is 1.15 bits per heavy atom. The average Bonchev–Trinajstić information content (AvgIpc) is 3.45. The molecule has 0 bridgehead atoms. The molecule has 33 heavy (non-hydrogen) atoms. The lowest BCUT2D eigenvalue weighted by molar-refractivity contribution is 0.245. The van der Waals surface area contributed by atoms with Crippen molar-refractivity contribution in [3.63, 3.8) is 0 Å². The second-order valence-corrected chi connectivity index (χ2v) is 8.31. The first-order valence-electron chi connectivity index (χ1n) is 12.0. The molecule has 1 aromatic heterocycles. The third-order valence-electron chi connectivity index (χ3n) is 6.29. The lowest BCUT2D eigenvalue weighted by atomic mass is 10.1. The van der Waals surface area contributed by atoms with Crippen LogP contribution in [-0.2, 0) is 26.4 Å². The molecule has 0 radical (unpaired) electrons. The standard InChI is InChI=1S/C25H40N6O.HI/c1-6-22-21(23(7-2)30(4)29-22)17-27-25(26-8-3)28-18-24(31-14-9-10-15-31)19-12-11-13-20(16-19)32-5;/h11-13,16,24H,6-10,14-15,17-18H2,1-5H3,(H2,26,27,28);1H. The monoisotopic (exact) mass is 568 g/mol. The van der Waals surface area contributed by atoms with Crippen molar-refractivity contribution in [2.75, 3.05) is 33.3 Å². The summed E-state index contributed by atoms with van der Waals surface area (Å²) in [7, 11) is 3.76. The second kappa shape index (κ2) is 13.8. The lowest BCUT2D eigenvalue weighted by Crippen LogP contribution is -2.42. The van der Waals surface area contributed by atoms with Gasteiger partial charge in [-0.2, -0.15) is 5.10 Å². The summed E-state index contributed by atoms with van der Waals surface area (Å²) < 4.78 is 7.49. The fourth-order valence-corrected chi connectivity index (χ4v) is 4.63. The average molecular weight is 569 g/mol. The Bertz CT molecular complexity index is 891. The van der Waals surface area contributed by atoms with E-state index in [2.05, 4.69) is 54.5 Å². The Hall–Kier alpha value is -1.81. The second-order valence-electron chi connectivity index (χ2n) is 8.31. The lowest BCUT2D eigenvalue weighted by Gasteiger charge is -2.29. The van der Waals surface area contributed by atoms with Gasteiger partial charge in [0.25, 0.3) is 0 Å². The van der Waals surface area contributed by atoms with Gasteiger partial charge in [0.15, 0.2) is 5.96 Å². The SMILES string of the molecule is CCNC(=NCc1c(CC)nn(C)c1CC)NCC(c1cccc(OC)c1)N1CCCC1.I. The van der Waals surface area contributed by atoms with Gasteiger partial charge in [0.1, 0.15) is 5.75 Å². The first-order chi connectivity index (χ1) is 15.6. The van der Waals surface area contributed by atoms with E-state index in [1.54, 1.807) is 7.11 Å². The summed E-state index contributed by atoms with van der Waals surface area (Å²) in [5, 5.41) is 11.7. The molecule has 2 heterocycles. The van der Waals surface area contributed by atoms with Crippen LogP contribution in [0.15, 0.2) is 29.3 Å². The molecule has 7 nitrogen and oxygen atoms in total. The van der Waals surface area contributed by atoms with Crippen molar-refractivity contribution < 1.29 is 4.74 Å². The summed E-state index contributed by atoms with van der Waals surface area (Å²) in [6, 6.07) is 8.73. The molecule has 1 aromatic carbocycles. The summed E-state index contributed by atoms with van der Waals surface area (Å²) in [6.45, 7) is 11.0. The molecule has 0 spiro atoms. The van der Waals surface area contributed by atoms with Crippen LogP contribution in [0.3, 0.4) is 0 Å². The number of aliphatic imine (C=N–C) groups is 1. The van der Waals surface area contributed by atoms with E-state index in [0.717, 1.165) is 56.4 Å². The van der Waals surface area contributed by atoms with Crippen LogP contribution in [0.5, 0.6) is 5.75 Å². The van der Waals surface area contributed by atoms with E-state index >= 15 is 0 Å². The Balaban J connectivity index is 0.00000385. The number of likely N-dealkylation sites (tertiary alicyclic amines) is 1. The topological polar surface area (TPSA) is 66.7 Å². The smallest absolute Gasteiger partial charge is 0.191 e. The zero-order chi connectivity index (χ0) is 22.9. The van der Waals surface area contributed by atoms with Crippen LogP contribution >= 0.6 is 24.0 Å². The first-order valence-corrected chi connectivity index (χ1v) is 12.0. The number of benzene rings is 1. The molecule has 2 N–H and O–H groups in total. The van der Waals surface area contributed by atoms with Crippen LogP contribution in [0.4, 0.5) is 0 Å². The molecule has 1 aliphatic heterocycles. The third-order valence-corrected chi connectivity index (χ3v) is 6.29. The van der Waals surface area contributed by atoms with E-state index in [1.165, 1.54) is 29.7 Å². The Morgan fingerprint density at radius 3 is 2.55 bits per heavy atom. The van der Waals surface area contributed by atoms with E-state index < -0.39 is 0 Å². The normalized spacial score (nSPS) is 15.2. The molecule has 2 aromatic rings. The van der Waals surface area contributed by atoms with Gasteiger partial charge in [0, 0.05) is 31.4 Å². The van der Waals surface area contributed by atoms with Gasteiger partial charge in [-0.15, -0.1) is 24.0 Å². The minimum atomic E-state index is 0. The van der Waals surface area contributed by atoms with Crippen LogP contribution in [0.2, 0.25) is 0 Å². The highest BCUT2D eigenvalue weighted by atomic mass is 127. The maximum Gasteiger partial charge on any atom is 0.191 e. The molecule has 1 fully saturated rings. The number of hydrogen-bond donors (Lipinski definition) is 2. The van der Waals surface area contributed by atoms with E-state index in [4.69, 9.17) is 14.8 Å². The van der Waals surface area contributed by atoms with E-state index in [1.807, 2.05) is 17.8 Å². The number of nitrogens with zero attached hydrogens (tertiary/aromatic N) is 4. The molecular weight excluding hydrogens is 527 g/mol. The molecule has 0 saturated carbocycles. The molecule has 1 aliphatic rings. The summed E-state index contributed by atoms with van der Waals surface area (Å²) in [4.78, 5) is 7.50. The van der Waals surface area contributed by atoms with Crippen molar-refractivity contribution in [3.8, 4) is 5.75 Å². The van der Waals surface area contributed by atoms with Gasteiger partial charge in [-0.3, -0.25) is 9.58 Å². The summed E-state index contributed by atoms with van der Waals surface area (Å²) in [6.07, 6.45) is 4.41. The van der Waals surface area contributed by atoms with Crippen molar-refractivity contribution >= 4 is 29.9 Å². The Labute approximate surface area is 216 Å².